The van der Waals surface area contributed by atoms with Crippen molar-refractivity contribution in [1.82, 2.24) is 14.5 Å². The molecule has 0 spiro atoms. The molecule has 0 saturated heterocycles. The largest absolute Gasteiger partial charge is 0.350 e. The molecule has 34 heavy (non-hydrogen) atoms. The van der Waals surface area contributed by atoms with Gasteiger partial charge in [-0.25, -0.2) is 12.7 Å². The lowest BCUT2D eigenvalue weighted by Gasteiger charge is -2.32. The molecule has 2 aromatic rings. The second-order valence-electron chi connectivity index (χ2n) is 9.20. The van der Waals surface area contributed by atoms with Crippen molar-refractivity contribution in [3.63, 3.8) is 0 Å². The summed E-state index contributed by atoms with van der Waals surface area (Å²) in [5, 5.41) is 2.88. The van der Waals surface area contributed by atoms with Gasteiger partial charge in [0.25, 0.3) is 15.9 Å². The number of amides is 3. The quantitative estimate of drug-likeness (QED) is 0.570. The van der Waals surface area contributed by atoms with E-state index >= 15 is 0 Å². The van der Waals surface area contributed by atoms with Crippen LogP contribution < -0.4 is 5.32 Å². The van der Waals surface area contributed by atoms with E-state index in [1.54, 1.807) is 19.1 Å². The van der Waals surface area contributed by atoms with E-state index in [1.165, 1.54) is 17.0 Å². The molecule has 3 rings (SSSR count). The summed E-state index contributed by atoms with van der Waals surface area (Å²) in [5.74, 6) is -1.41. The lowest BCUT2D eigenvalue weighted by atomic mass is 10.1. The smallest absolute Gasteiger partial charge is 0.269 e. The second kappa shape index (κ2) is 9.87. The van der Waals surface area contributed by atoms with Crippen LogP contribution in [0.25, 0.3) is 0 Å². The lowest BCUT2D eigenvalue weighted by molar-refractivity contribution is -0.141. The van der Waals surface area contributed by atoms with E-state index in [2.05, 4.69) is 21.2 Å². The summed E-state index contributed by atoms with van der Waals surface area (Å²) in [5.41, 5.74) is 0.409. The molecule has 3 amide bonds. The molecule has 0 fully saturated rings. The Morgan fingerprint density at radius 1 is 1.12 bits per heavy atom. The van der Waals surface area contributed by atoms with Crippen molar-refractivity contribution >= 4 is 43.7 Å². The normalized spacial score (nSPS) is 15.6. The van der Waals surface area contributed by atoms with Gasteiger partial charge in [0.15, 0.2) is 0 Å². The van der Waals surface area contributed by atoms with Gasteiger partial charge in [0.2, 0.25) is 11.8 Å². The fraction of sp³-hybridized carbons (Fsp3) is 0.375. The number of nitrogens with zero attached hydrogens (tertiary/aromatic N) is 2. The summed E-state index contributed by atoms with van der Waals surface area (Å²) < 4.78 is 27.2. The van der Waals surface area contributed by atoms with E-state index < -0.39 is 33.4 Å². The molecule has 8 nitrogen and oxygen atoms in total. The fourth-order valence-corrected chi connectivity index (χ4v) is 5.70. The zero-order valence-electron chi connectivity index (χ0n) is 19.5. The van der Waals surface area contributed by atoms with Crippen LogP contribution in [0, 0.1) is 0 Å². The lowest BCUT2D eigenvalue weighted by Crippen LogP contribution is -2.52. The number of halogens is 1. The van der Waals surface area contributed by atoms with Gasteiger partial charge in [-0.15, -0.1) is 0 Å². The number of carbonyl (C=O) groups excluding carboxylic acids is 3. The number of rotatable bonds is 7. The highest BCUT2D eigenvalue weighted by Gasteiger charge is 2.41. The number of benzene rings is 2. The standard InChI is InChI=1S/C24H28BrN3O5S/c1-16(22(30)26-24(2,3)4)27(15-17-8-7-9-18(25)14-17)21(29)12-13-28-23(31)19-10-5-6-11-20(19)34(28,32)33/h5-11,14,16H,12-13,15H2,1-4H3,(H,26,30). The third-order valence-electron chi connectivity index (χ3n) is 5.35. The van der Waals surface area contributed by atoms with Crippen LogP contribution >= 0.6 is 15.9 Å². The van der Waals surface area contributed by atoms with Crippen LogP contribution in [0.15, 0.2) is 57.9 Å². The molecule has 1 aliphatic heterocycles. The van der Waals surface area contributed by atoms with E-state index in [0.29, 0.717) is 0 Å². The summed E-state index contributed by atoms with van der Waals surface area (Å²) in [6, 6.07) is 12.5. The zero-order chi connectivity index (χ0) is 25.3. The Hall–Kier alpha value is -2.72. The Balaban J connectivity index is 1.81. The van der Waals surface area contributed by atoms with Crippen LogP contribution in [-0.2, 0) is 26.2 Å². The van der Waals surface area contributed by atoms with Gasteiger partial charge in [0.05, 0.1) is 5.56 Å². The summed E-state index contributed by atoms with van der Waals surface area (Å²) >= 11 is 3.41. The van der Waals surface area contributed by atoms with Gasteiger partial charge in [-0.3, -0.25) is 14.4 Å². The minimum absolute atomic E-state index is 0.0589. The summed E-state index contributed by atoms with van der Waals surface area (Å²) in [6.07, 6.45) is -0.250. The van der Waals surface area contributed by atoms with Gasteiger partial charge in [0.1, 0.15) is 10.9 Å². The van der Waals surface area contributed by atoms with E-state index in [4.69, 9.17) is 0 Å². The van der Waals surface area contributed by atoms with Gasteiger partial charge in [0, 0.05) is 29.5 Å². The molecule has 1 atom stereocenters. The molecule has 0 bridgehead atoms. The van der Waals surface area contributed by atoms with Crippen molar-refractivity contribution in [2.45, 2.75) is 57.1 Å². The third-order valence-corrected chi connectivity index (χ3v) is 7.68. The average molecular weight is 550 g/mol. The van der Waals surface area contributed by atoms with Crippen LogP contribution in [-0.4, -0.2) is 53.5 Å². The molecule has 1 unspecified atom stereocenters. The van der Waals surface area contributed by atoms with Crippen molar-refractivity contribution in [3.05, 3.63) is 64.1 Å². The maximum Gasteiger partial charge on any atom is 0.269 e. The first kappa shape index (κ1) is 25.9. The Morgan fingerprint density at radius 2 is 1.79 bits per heavy atom. The molecule has 1 heterocycles. The molecular weight excluding hydrogens is 522 g/mol. The third kappa shape index (κ3) is 5.67. The van der Waals surface area contributed by atoms with Crippen molar-refractivity contribution in [2.24, 2.45) is 0 Å². The zero-order valence-corrected chi connectivity index (χ0v) is 21.9. The van der Waals surface area contributed by atoms with Crippen molar-refractivity contribution in [1.29, 1.82) is 0 Å². The van der Waals surface area contributed by atoms with Crippen LogP contribution in [0.1, 0.15) is 50.0 Å². The molecule has 1 N–H and O–H groups in total. The summed E-state index contributed by atoms with van der Waals surface area (Å²) in [7, 11) is -4.01. The highest BCUT2D eigenvalue weighted by atomic mass is 79.9. The monoisotopic (exact) mass is 549 g/mol. The Morgan fingerprint density at radius 3 is 2.41 bits per heavy atom. The number of carbonyl (C=O) groups is 3. The maximum atomic E-state index is 13.3. The van der Waals surface area contributed by atoms with Crippen LogP contribution in [0.4, 0.5) is 0 Å². The molecule has 1 aliphatic rings. The summed E-state index contributed by atoms with van der Waals surface area (Å²) in [6.45, 7) is 7.01. The van der Waals surface area contributed by atoms with Crippen molar-refractivity contribution in [2.75, 3.05) is 6.54 Å². The number of sulfonamides is 1. The molecular formula is C24H28BrN3O5S. The maximum absolute atomic E-state index is 13.3. The SMILES string of the molecule is CC(C(=O)NC(C)(C)C)N(Cc1cccc(Br)c1)C(=O)CCN1C(=O)c2ccccc2S1(=O)=O. The second-order valence-corrected chi connectivity index (χ2v) is 11.9. The van der Waals surface area contributed by atoms with Crippen LogP contribution in [0.3, 0.4) is 0 Å². The molecule has 10 heteroatoms. The topological polar surface area (TPSA) is 104 Å². The van der Waals surface area contributed by atoms with Gasteiger partial charge >= 0.3 is 0 Å². The number of hydrogen-bond acceptors (Lipinski definition) is 5. The molecule has 0 aromatic heterocycles. The van der Waals surface area contributed by atoms with E-state index in [0.717, 1.165) is 14.3 Å². The van der Waals surface area contributed by atoms with Gasteiger partial charge < -0.3 is 10.2 Å². The fourth-order valence-electron chi connectivity index (χ4n) is 3.68. The number of fused-ring (bicyclic) bond motifs is 1. The van der Waals surface area contributed by atoms with E-state index in [1.807, 2.05) is 45.0 Å². The average Bonchev–Trinajstić information content (AvgIpc) is 2.94. The predicted molar refractivity (Wildman–Crippen MR) is 131 cm³/mol. The van der Waals surface area contributed by atoms with Crippen molar-refractivity contribution < 1.29 is 22.8 Å². The van der Waals surface area contributed by atoms with E-state index in [-0.39, 0.29) is 35.9 Å². The van der Waals surface area contributed by atoms with Crippen LogP contribution in [0.5, 0.6) is 0 Å². The molecule has 0 saturated carbocycles. The molecule has 0 radical (unpaired) electrons. The Labute approximate surface area is 208 Å². The van der Waals surface area contributed by atoms with Crippen LogP contribution in [0.2, 0.25) is 0 Å². The minimum atomic E-state index is -4.01. The number of nitrogens with one attached hydrogen (secondary N) is 1. The van der Waals surface area contributed by atoms with Gasteiger partial charge in [-0.1, -0.05) is 40.2 Å². The van der Waals surface area contributed by atoms with Gasteiger partial charge in [-0.05, 0) is 57.5 Å². The first-order valence-corrected chi connectivity index (χ1v) is 13.1. The molecule has 0 aliphatic carbocycles. The van der Waals surface area contributed by atoms with Gasteiger partial charge in [-0.2, -0.15) is 0 Å². The highest BCUT2D eigenvalue weighted by molar-refractivity contribution is 9.10. The first-order chi connectivity index (χ1) is 15.8. The Bertz CT molecular complexity index is 1220. The summed E-state index contributed by atoms with van der Waals surface area (Å²) in [4.78, 5) is 40.2. The first-order valence-electron chi connectivity index (χ1n) is 10.8. The van der Waals surface area contributed by atoms with E-state index in [9.17, 15) is 22.8 Å². The molecule has 2 aromatic carbocycles. The Kier molecular flexibility index (Phi) is 7.52. The molecule has 182 valence electrons. The minimum Gasteiger partial charge on any atom is -0.350 e. The predicted octanol–water partition coefficient (Wildman–Crippen LogP) is 3.32. The highest BCUT2D eigenvalue weighted by Crippen LogP contribution is 2.30. The van der Waals surface area contributed by atoms with Crippen molar-refractivity contribution in [3.8, 4) is 0 Å². The number of hydrogen-bond donors (Lipinski definition) is 1.